The highest BCUT2D eigenvalue weighted by molar-refractivity contribution is 7.89. The van der Waals surface area contributed by atoms with Crippen molar-refractivity contribution in [1.82, 2.24) is 14.2 Å². The Labute approximate surface area is 225 Å². The third kappa shape index (κ3) is 5.37. The highest BCUT2D eigenvalue weighted by atomic mass is 32.2. The summed E-state index contributed by atoms with van der Waals surface area (Å²) in [5.41, 5.74) is 1.99. The summed E-state index contributed by atoms with van der Waals surface area (Å²) in [5, 5.41) is 0.551. The molecule has 2 heterocycles. The van der Waals surface area contributed by atoms with Crippen molar-refractivity contribution in [2.45, 2.75) is 11.4 Å². The first-order chi connectivity index (χ1) is 18.2. The molecule has 9 nitrogen and oxygen atoms in total. The number of hydrogen-bond donors (Lipinski definition) is 0. The number of aromatic nitrogens is 1. The van der Waals surface area contributed by atoms with Crippen LogP contribution in [0, 0.1) is 0 Å². The highest BCUT2D eigenvalue weighted by Crippen LogP contribution is 2.40. The quantitative estimate of drug-likeness (QED) is 0.309. The predicted octanol–water partition coefficient (Wildman–Crippen LogP) is 4.05. The van der Waals surface area contributed by atoms with Crippen molar-refractivity contribution in [3.8, 4) is 11.5 Å². The summed E-state index contributed by atoms with van der Waals surface area (Å²) in [5.74, 6) is 1.04. The molecule has 0 unspecified atom stereocenters. The molecule has 0 spiro atoms. The van der Waals surface area contributed by atoms with Crippen LogP contribution in [0.5, 0.6) is 11.5 Å². The van der Waals surface area contributed by atoms with Gasteiger partial charge in [-0.1, -0.05) is 41.7 Å². The van der Waals surface area contributed by atoms with Gasteiger partial charge in [0, 0.05) is 44.4 Å². The Morgan fingerprint density at radius 1 is 0.947 bits per heavy atom. The lowest BCUT2D eigenvalue weighted by Gasteiger charge is -2.22. The van der Waals surface area contributed by atoms with Gasteiger partial charge in [-0.2, -0.15) is 4.31 Å². The largest absolute Gasteiger partial charge is 0.454 e. The van der Waals surface area contributed by atoms with Crippen LogP contribution in [0.4, 0.5) is 5.13 Å². The molecule has 0 bridgehead atoms. The number of amides is 1. The summed E-state index contributed by atoms with van der Waals surface area (Å²) >= 11 is 1.40. The molecule has 0 radical (unpaired) electrons. The van der Waals surface area contributed by atoms with Gasteiger partial charge in [0.05, 0.1) is 15.1 Å². The van der Waals surface area contributed by atoms with Crippen molar-refractivity contribution in [1.29, 1.82) is 0 Å². The molecule has 4 aromatic rings. The molecule has 1 aliphatic rings. The molecule has 5 rings (SSSR count). The molecule has 0 fully saturated rings. The van der Waals surface area contributed by atoms with E-state index in [0.29, 0.717) is 35.3 Å². The van der Waals surface area contributed by atoms with Gasteiger partial charge in [-0.3, -0.25) is 9.69 Å². The minimum absolute atomic E-state index is 0.127. The second-order valence-corrected chi connectivity index (χ2v) is 12.3. The summed E-state index contributed by atoms with van der Waals surface area (Å²) in [4.78, 5) is 22.1. The average Bonchev–Trinajstić information content (AvgIpc) is 3.53. The average molecular weight is 553 g/mol. The van der Waals surface area contributed by atoms with Crippen molar-refractivity contribution in [3.05, 3.63) is 77.9 Å². The van der Waals surface area contributed by atoms with Crippen LogP contribution in [0.15, 0.2) is 71.6 Å². The van der Waals surface area contributed by atoms with Crippen LogP contribution in [-0.4, -0.2) is 69.5 Å². The molecule has 198 valence electrons. The number of benzene rings is 3. The van der Waals surface area contributed by atoms with Gasteiger partial charge in [-0.25, -0.2) is 13.4 Å². The fraction of sp³-hybridized carbons (Fsp3) is 0.259. The van der Waals surface area contributed by atoms with Crippen molar-refractivity contribution in [3.63, 3.8) is 0 Å². The van der Waals surface area contributed by atoms with E-state index in [2.05, 4.69) is 0 Å². The van der Waals surface area contributed by atoms with E-state index in [-0.39, 0.29) is 24.1 Å². The fourth-order valence-electron chi connectivity index (χ4n) is 4.04. The minimum Gasteiger partial charge on any atom is -0.454 e. The first kappa shape index (κ1) is 26.1. The number of fused-ring (bicyclic) bond motifs is 2. The molecular formula is C27H28N4O5S2. The fourth-order valence-corrected chi connectivity index (χ4v) is 6.20. The van der Waals surface area contributed by atoms with E-state index in [4.69, 9.17) is 14.5 Å². The van der Waals surface area contributed by atoms with Gasteiger partial charge < -0.3 is 14.4 Å². The Kier molecular flexibility index (Phi) is 7.35. The number of hydrogen-bond acceptors (Lipinski definition) is 8. The van der Waals surface area contributed by atoms with Gasteiger partial charge in [-0.05, 0) is 43.9 Å². The third-order valence-corrected chi connectivity index (χ3v) is 9.03. The van der Waals surface area contributed by atoms with Crippen LogP contribution >= 0.6 is 11.3 Å². The molecule has 11 heteroatoms. The zero-order valence-electron chi connectivity index (χ0n) is 21.3. The number of sulfonamides is 1. The summed E-state index contributed by atoms with van der Waals surface area (Å²) in [6.07, 6.45) is 0. The first-order valence-electron chi connectivity index (χ1n) is 12.0. The number of ether oxygens (including phenoxy) is 2. The van der Waals surface area contributed by atoms with Crippen LogP contribution in [0.25, 0.3) is 10.2 Å². The number of rotatable bonds is 9. The molecule has 3 aromatic carbocycles. The summed E-state index contributed by atoms with van der Waals surface area (Å²) in [7, 11) is 1.69. The van der Waals surface area contributed by atoms with E-state index < -0.39 is 10.0 Å². The number of likely N-dealkylation sites (N-methyl/N-ethyl adjacent to an activating group) is 1. The SMILES string of the molecule is CN(C)CCN(C(=O)c1ccc(S(=O)(=O)N(C)Cc2ccccc2)cc1)c1nc2cc3c(cc2s1)OCO3. The van der Waals surface area contributed by atoms with E-state index in [0.717, 1.165) is 15.8 Å². The van der Waals surface area contributed by atoms with Gasteiger partial charge in [0.15, 0.2) is 16.6 Å². The smallest absolute Gasteiger partial charge is 0.260 e. The van der Waals surface area contributed by atoms with Crippen LogP contribution in [0.3, 0.4) is 0 Å². The Balaban J connectivity index is 1.39. The highest BCUT2D eigenvalue weighted by Gasteiger charge is 2.25. The summed E-state index contributed by atoms with van der Waals surface area (Å²) in [6.45, 7) is 1.47. The van der Waals surface area contributed by atoms with Crippen molar-refractivity contribution < 1.29 is 22.7 Å². The zero-order valence-corrected chi connectivity index (χ0v) is 23.0. The zero-order chi connectivity index (χ0) is 26.9. The summed E-state index contributed by atoms with van der Waals surface area (Å²) in [6, 6.07) is 19.1. The van der Waals surface area contributed by atoms with Crippen molar-refractivity contribution in [2.75, 3.05) is 45.9 Å². The standard InChI is InChI=1S/C27H28N4O5S2/c1-29(2)13-14-31(27-28-22-15-23-24(36-18-35-23)16-25(22)37-27)26(32)20-9-11-21(12-10-20)38(33,34)30(3)17-19-7-5-4-6-8-19/h4-12,15-16H,13-14,17-18H2,1-3H3. The van der Waals surface area contributed by atoms with Gasteiger partial charge in [0.25, 0.3) is 5.91 Å². The molecule has 0 saturated carbocycles. The predicted molar refractivity (Wildman–Crippen MR) is 148 cm³/mol. The molecule has 1 aromatic heterocycles. The minimum atomic E-state index is -3.73. The van der Waals surface area contributed by atoms with E-state index in [1.54, 1.807) is 24.1 Å². The van der Waals surface area contributed by atoms with Gasteiger partial charge in [0.2, 0.25) is 16.8 Å². The van der Waals surface area contributed by atoms with Crippen LogP contribution in [0.1, 0.15) is 15.9 Å². The molecule has 1 aliphatic heterocycles. The van der Waals surface area contributed by atoms with E-state index in [1.807, 2.05) is 61.5 Å². The number of carbonyl (C=O) groups excluding carboxylic acids is 1. The third-order valence-electron chi connectivity index (χ3n) is 6.18. The Bertz CT molecular complexity index is 1510. The maximum absolute atomic E-state index is 13.6. The normalized spacial score (nSPS) is 13.0. The van der Waals surface area contributed by atoms with Gasteiger partial charge in [0.1, 0.15) is 0 Å². The van der Waals surface area contributed by atoms with E-state index in [1.165, 1.54) is 27.8 Å². The second-order valence-electron chi connectivity index (χ2n) is 9.20. The molecular weight excluding hydrogens is 524 g/mol. The maximum atomic E-state index is 13.6. The van der Waals surface area contributed by atoms with Gasteiger partial charge in [-0.15, -0.1) is 0 Å². The molecule has 0 saturated heterocycles. The van der Waals surface area contributed by atoms with Crippen molar-refractivity contribution in [2.24, 2.45) is 0 Å². The lowest BCUT2D eigenvalue weighted by atomic mass is 10.2. The number of nitrogens with zero attached hydrogens (tertiary/aromatic N) is 4. The lowest BCUT2D eigenvalue weighted by molar-refractivity contribution is 0.0985. The van der Waals surface area contributed by atoms with E-state index in [9.17, 15) is 13.2 Å². The number of carbonyl (C=O) groups is 1. The van der Waals surface area contributed by atoms with Crippen LogP contribution in [0.2, 0.25) is 0 Å². The Morgan fingerprint density at radius 2 is 1.63 bits per heavy atom. The van der Waals surface area contributed by atoms with E-state index >= 15 is 0 Å². The van der Waals surface area contributed by atoms with Crippen LogP contribution < -0.4 is 14.4 Å². The topological polar surface area (TPSA) is 92.3 Å². The second kappa shape index (κ2) is 10.7. The molecule has 0 N–H and O–H groups in total. The molecule has 1 amide bonds. The molecule has 38 heavy (non-hydrogen) atoms. The Morgan fingerprint density at radius 3 is 2.32 bits per heavy atom. The monoisotopic (exact) mass is 552 g/mol. The maximum Gasteiger partial charge on any atom is 0.260 e. The summed E-state index contributed by atoms with van der Waals surface area (Å²) < 4.78 is 39.4. The van der Waals surface area contributed by atoms with Crippen LogP contribution in [-0.2, 0) is 16.6 Å². The van der Waals surface area contributed by atoms with Gasteiger partial charge >= 0.3 is 0 Å². The molecule has 0 atom stereocenters. The number of anilines is 1. The number of thiazole rings is 1. The Hall–Kier alpha value is -3.51. The van der Waals surface area contributed by atoms with Crippen molar-refractivity contribution >= 4 is 42.6 Å². The lowest BCUT2D eigenvalue weighted by Crippen LogP contribution is -2.36. The molecule has 0 aliphatic carbocycles. The first-order valence-corrected chi connectivity index (χ1v) is 14.2.